The fourth-order valence-corrected chi connectivity index (χ4v) is 4.07. The molecule has 4 rings (SSSR count). The molecule has 1 aromatic carbocycles. The zero-order chi connectivity index (χ0) is 20.2. The highest BCUT2D eigenvalue weighted by molar-refractivity contribution is 5.80. The molecule has 1 atom stereocenters. The van der Waals surface area contributed by atoms with Crippen molar-refractivity contribution in [3.05, 3.63) is 42.2 Å². The van der Waals surface area contributed by atoms with Gasteiger partial charge in [0, 0.05) is 45.4 Å². The summed E-state index contributed by atoms with van der Waals surface area (Å²) in [5, 5.41) is 4.34. The van der Waals surface area contributed by atoms with Gasteiger partial charge in [0.2, 0.25) is 5.91 Å². The highest BCUT2D eigenvalue weighted by atomic mass is 16.5. The van der Waals surface area contributed by atoms with Gasteiger partial charge in [-0.2, -0.15) is 5.10 Å². The van der Waals surface area contributed by atoms with Crippen LogP contribution in [0.15, 0.2) is 36.7 Å². The second-order valence-electron chi connectivity index (χ2n) is 7.74. The lowest BCUT2D eigenvalue weighted by Gasteiger charge is -2.28. The minimum atomic E-state index is 0.217. The van der Waals surface area contributed by atoms with Gasteiger partial charge in [-0.25, -0.2) is 4.98 Å². The Kier molecular flexibility index (Phi) is 6.06. The summed E-state index contributed by atoms with van der Waals surface area (Å²) in [6, 6.07) is 8.36. The van der Waals surface area contributed by atoms with E-state index in [1.54, 1.807) is 11.0 Å². The van der Waals surface area contributed by atoms with Crippen molar-refractivity contribution in [2.75, 3.05) is 39.3 Å². The van der Waals surface area contributed by atoms with E-state index >= 15 is 0 Å². The molecule has 1 saturated heterocycles. The fourth-order valence-electron chi connectivity index (χ4n) is 4.07. The van der Waals surface area contributed by atoms with Crippen LogP contribution in [0.3, 0.4) is 0 Å². The van der Waals surface area contributed by atoms with Gasteiger partial charge in [-0.15, -0.1) is 0 Å². The topological polar surface area (TPSA) is 63.5 Å². The molecule has 0 unspecified atom stereocenters. The Labute approximate surface area is 172 Å². The number of carbonyl (C=O) groups excluding carboxylic acids is 1. The molecule has 1 fully saturated rings. The SMILES string of the molecule is CCO[C@H]1CCN(CC(=O)N2CC=C(c3ccc(-c4ncn(C)n4)cc3)CC2)C1. The summed E-state index contributed by atoms with van der Waals surface area (Å²) in [5.74, 6) is 0.955. The summed E-state index contributed by atoms with van der Waals surface area (Å²) in [5.41, 5.74) is 3.52. The molecular formula is C22H29N5O2. The Morgan fingerprint density at radius 2 is 2.00 bits per heavy atom. The smallest absolute Gasteiger partial charge is 0.237 e. The Hall–Kier alpha value is -2.51. The number of carbonyl (C=O) groups is 1. The van der Waals surface area contributed by atoms with Gasteiger partial charge in [0.1, 0.15) is 6.33 Å². The number of rotatable bonds is 6. The zero-order valence-corrected chi connectivity index (χ0v) is 17.3. The largest absolute Gasteiger partial charge is 0.377 e. The van der Waals surface area contributed by atoms with Crippen LogP contribution < -0.4 is 0 Å². The molecule has 0 saturated carbocycles. The van der Waals surface area contributed by atoms with E-state index in [1.165, 1.54) is 11.1 Å². The van der Waals surface area contributed by atoms with Gasteiger partial charge in [-0.05, 0) is 30.9 Å². The van der Waals surface area contributed by atoms with E-state index in [2.05, 4.69) is 45.3 Å². The highest BCUT2D eigenvalue weighted by Gasteiger charge is 2.26. The number of aryl methyl sites for hydroxylation is 1. The average Bonchev–Trinajstić information content (AvgIpc) is 3.37. The fraction of sp³-hybridized carbons (Fsp3) is 0.500. The molecule has 7 nitrogen and oxygen atoms in total. The lowest BCUT2D eigenvalue weighted by Crippen LogP contribution is -2.41. The van der Waals surface area contributed by atoms with Crippen LogP contribution in [0.25, 0.3) is 17.0 Å². The van der Waals surface area contributed by atoms with Crippen LogP contribution in [0, 0.1) is 0 Å². The van der Waals surface area contributed by atoms with Crippen molar-refractivity contribution in [2.24, 2.45) is 7.05 Å². The number of likely N-dealkylation sites (tertiary alicyclic amines) is 1. The first-order chi connectivity index (χ1) is 14.1. The normalized spacial score (nSPS) is 20.1. The minimum Gasteiger partial charge on any atom is -0.377 e. The maximum Gasteiger partial charge on any atom is 0.237 e. The van der Waals surface area contributed by atoms with Crippen LogP contribution in [-0.4, -0.2) is 75.9 Å². The van der Waals surface area contributed by atoms with Crippen molar-refractivity contribution in [2.45, 2.75) is 25.9 Å². The van der Waals surface area contributed by atoms with Crippen LogP contribution in [0.4, 0.5) is 0 Å². The van der Waals surface area contributed by atoms with Crippen LogP contribution in [0.1, 0.15) is 25.3 Å². The van der Waals surface area contributed by atoms with E-state index in [1.807, 2.05) is 18.9 Å². The molecule has 7 heteroatoms. The van der Waals surface area contributed by atoms with E-state index in [9.17, 15) is 4.79 Å². The van der Waals surface area contributed by atoms with Gasteiger partial charge in [0.15, 0.2) is 5.82 Å². The third-order valence-electron chi connectivity index (χ3n) is 5.67. The lowest BCUT2D eigenvalue weighted by atomic mass is 9.98. The molecule has 29 heavy (non-hydrogen) atoms. The minimum absolute atomic E-state index is 0.217. The second kappa shape index (κ2) is 8.88. The molecule has 0 N–H and O–H groups in total. The summed E-state index contributed by atoms with van der Waals surface area (Å²) in [6.07, 6.45) is 6.08. The maximum absolute atomic E-state index is 12.7. The van der Waals surface area contributed by atoms with E-state index in [4.69, 9.17) is 4.74 Å². The monoisotopic (exact) mass is 395 g/mol. The number of aromatic nitrogens is 3. The zero-order valence-electron chi connectivity index (χ0n) is 17.3. The van der Waals surface area contributed by atoms with Crippen molar-refractivity contribution in [3.63, 3.8) is 0 Å². The molecule has 2 aliphatic heterocycles. The number of amides is 1. The summed E-state index contributed by atoms with van der Waals surface area (Å²) in [4.78, 5) is 21.1. The third-order valence-corrected chi connectivity index (χ3v) is 5.67. The van der Waals surface area contributed by atoms with E-state index in [0.717, 1.165) is 50.5 Å². The number of hydrogen-bond acceptors (Lipinski definition) is 5. The molecule has 154 valence electrons. The molecule has 3 heterocycles. The Bertz CT molecular complexity index is 874. The van der Waals surface area contributed by atoms with Crippen LogP contribution in [0.5, 0.6) is 0 Å². The highest BCUT2D eigenvalue weighted by Crippen LogP contribution is 2.25. The van der Waals surface area contributed by atoms with Gasteiger partial charge in [0.05, 0.1) is 12.6 Å². The molecule has 2 aromatic rings. The number of ether oxygens (including phenoxy) is 1. The van der Waals surface area contributed by atoms with Crippen LogP contribution >= 0.6 is 0 Å². The molecule has 1 amide bonds. The van der Waals surface area contributed by atoms with Crippen molar-refractivity contribution >= 4 is 11.5 Å². The first-order valence-corrected chi connectivity index (χ1v) is 10.4. The third kappa shape index (κ3) is 4.74. The molecule has 2 aliphatic rings. The van der Waals surface area contributed by atoms with Gasteiger partial charge >= 0.3 is 0 Å². The molecular weight excluding hydrogens is 366 g/mol. The Morgan fingerprint density at radius 3 is 2.66 bits per heavy atom. The first kappa shape index (κ1) is 19.8. The first-order valence-electron chi connectivity index (χ1n) is 10.4. The summed E-state index contributed by atoms with van der Waals surface area (Å²) in [7, 11) is 1.87. The molecule has 0 aliphatic carbocycles. The van der Waals surface area contributed by atoms with Crippen molar-refractivity contribution < 1.29 is 9.53 Å². The standard InChI is InChI=1S/C22H29N5O2/c1-3-29-20-10-11-26(14-20)15-21(28)27-12-8-18(9-13-27)17-4-6-19(7-5-17)22-23-16-25(2)24-22/h4-8,16,20H,3,9-15H2,1-2H3/t20-/m0/s1. The van der Waals surface area contributed by atoms with Gasteiger partial charge in [-0.3, -0.25) is 14.4 Å². The van der Waals surface area contributed by atoms with Gasteiger partial charge in [-0.1, -0.05) is 30.3 Å². The lowest BCUT2D eigenvalue weighted by molar-refractivity contribution is -0.131. The van der Waals surface area contributed by atoms with Crippen molar-refractivity contribution in [1.82, 2.24) is 24.6 Å². The molecule has 0 radical (unpaired) electrons. The van der Waals surface area contributed by atoms with Crippen molar-refractivity contribution in [1.29, 1.82) is 0 Å². The number of nitrogens with zero attached hydrogens (tertiary/aromatic N) is 5. The van der Waals surface area contributed by atoms with Crippen LogP contribution in [0.2, 0.25) is 0 Å². The summed E-state index contributed by atoms with van der Waals surface area (Å²) >= 11 is 0. The van der Waals surface area contributed by atoms with Gasteiger partial charge < -0.3 is 9.64 Å². The Morgan fingerprint density at radius 1 is 1.21 bits per heavy atom. The molecule has 1 aromatic heterocycles. The molecule has 0 bridgehead atoms. The van der Waals surface area contributed by atoms with Crippen LogP contribution in [-0.2, 0) is 16.6 Å². The molecule has 0 spiro atoms. The maximum atomic E-state index is 12.7. The van der Waals surface area contributed by atoms with E-state index < -0.39 is 0 Å². The van der Waals surface area contributed by atoms with E-state index in [0.29, 0.717) is 13.1 Å². The average molecular weight is 396 g/mol. The predicted molar refractivity (Wildman–Crippen MR) is 112 cm³/mol. The number of benzene rings is 1. The van der Waals surface area contributed by atoms with E-state index in [-0.39, 0.29) is 12.0 Å². The van der Waals surface area contributed by atoms with Gasteiger partial charge in [0.25, 0.3) is 0 Å². The Balaban J connectivity index is 1.31. The summed E-state index contributed by atoms with van der Waals surface area (Å²) < 4.78 is 7.38. The second-order valence-corrected chi connectivity index (χ2v) is 7.74. The predicted octanol–water partition coefficient (Wildman–Crippen LogP) is 2.21. The number of hydrogen-bond donors (Lipinski definition) is 0. The summed E-state index contributed by atoms with van der Waals surface area (Å²) in [6.45, 7) is 6.53. The van der Waals surface area contributed by atoms with Crippen molar-refractivity contribution in [3.8, 4) is 11.4 Å². The quantitative estimate of drug-likeness (QED) is 0.750.